The van der Waals surface area contributed by atoms with E-state index in [1.807, 2.05) is 42.6 Å². The Morgan fingerprint density at radius 1 is 1.04 bits per heavy atom. The summed E-state index contributed by atoms with van der Waals surface area (Å²) in [5.74, 6) is 1.34. The van der Waals surface area contributed by atoms with Gasteiger partial charge in [-0.25, -0.2) is 0 Å². The molecule has 2 aromatic carbocycles. The minimum Gasteiger partial charge on any atom is -0.411 e. The zero-order valence-electron chi connectivity index (χ0n) is 12.0. The van der Waals surface area contributed by atoms with Crippen LogP contribution in [0.4, 0.5) is 0 Å². The third-order valence-electron chi connectivity index (χ3n) is 3.50. The minimum atomic E-state index is 0.542. The van der Waals surface area contributed by atoms with Crippen LogP contribution in [0, 0.1) is 0 Å². The van der Waals surface area contributed by atoms with Gasteiger partial charge in [0.1, 0.15) is 0 Å². The van der Waals surface area contributed by atoms with E-state index in [1.54, 1.807) is 0 Å². The van der Waals surface area contributed by atoms with Crippen molar-refractivity contribution >= 4 is 38.6 Å². The number of hydrogen-bond acceptors (Lipinski definition) is 4. The number of thioether (sulfide) groups is 1. The Bertz CT molecular complexity index is 946. The molecular formula is C17H12BrN3OS. The summed E-state index contributed by atoms with van der Waals surface area (Å²) < 4.78 is 6.87. The van der Waals surface area contributed by atoms with Gasteiger partial charge in [0.2, 0.25) is 0 Å². The molecule has 4 rings (SSSR count). The van der Waals surface area contributed by atoms with Crippen LogP contribution in [0.1, 0.15) is 5.56 Å². The van der Waals surface area contributed by atoms with E-state index in [0.29, 0.717) is 11.1 Å². The lowest BCUT2D eigenvalue weighted by Gasteiger charge is -1.98. The van der Waals surface area contributed by atoms with Gasteiger partial charge in [0.15, 0.2) is 0 Å². The van der Waals surface area contributed by atoms with Crippen molar-refractivity contribution in [1.29, 1.82) is 0 Å². The fourth-order valence-electron chi connectivity index (χ4n) is 2.35. The summed E-state index contributed by atoms with van der Waals surface area (Å²) in [6, 6.07) is 16.3. The Morgan fingerprint density at radius 2 is 1.87 bits per heavy atom. The lowest BCUT2D eigenvalue weighted by molar-refractivity contribution is 0.466. The van der Waals surface area contributed by atoms with E-state index in [1.165, 1.54) is 17.3 Å². The molecule has 0 amide bonds. The Labute approximate surface area is 145 Å². The third kappa shape index (κ3) is 3.04. The highest BCUT2D eigenvalue weighted by Gasteiger charge is 2.13. The van der Waals surface area contributed by atoms with Crippen molar-refractivity contribution in [2.24, 2.45) is 0 Å². The van der Waals surface area contributed by atoms with Crippen LogP contribution in [0.2, 0.25) is 0 Å². The molecule has 0 spiro atoms. The van der Waals surface area contributed by atoms with Gasteiger partial charge in [0.25, 0.3) is 11.1 Å². The number of hydrogen-bond donors (Lipinski definition) is 1. The fraction of sp³-hybridized carbons (Fsp3) is 0.0588. The first kappa shape index (κ1) is 14.5. The number of nitrogens with zero attached hydrogens (tertiary/aromatic N) is 2. The molecule has 6 heteroatoms. The van der Waals surface area contributed by atoms with Crippen molar-refractivity contribution in [2.45, 2.75) is 11.0 Å². The van der Waals surface area contributed by atoms with E-state index in [4.69, 9.17) is 4.42 Å². The topological polar surface area (TPSA) is 54.7 Å². The Kier molecular flexibility index (Phi) is 3.93. The summed E-state index contributed by atoms with van der Waals surface area (Å²) >= 11 is 4.97. The normalized spacial score (nSPS) is 11.2. The highest BCUT2D eigenvalue weighted by atomic mass is 79.9. The van der Waals surface area contributed by atoms with Crippen molar-refractivity contribution in [3.05, 3.63) is 64.8 Å². The van der Waals surface area contributed by atoms with Crippen LogP contribution in [0.15, 0.2) is 68.8 Å². The van der Waals surface area contributed by atoms with Crippen LogP contribution in [0.25, 0.3) is 22.4 Å². The lowest BCUT2D eigenvalue weighted by atomic mass is 10.2. The molecule has 1 N–H and O–H groups in total. The van der Waals surface area contributed by atoms with Crippen LogP contribution in [-0.4, -0.2) is 15.2 Å². The van der Waals surface area contributed by atoms with Gasteiger partial charge < -0.3 is 9.40 Å². The van der Waals surface area contributed by atoms with Crippen molar-refractivity contribution in [3.8, 4) is 11.5 Å². The summed E-state index contributed by atoms with van der Waals surface area (Å²) in [6.07, 6.45) is 1.90. The van der Waals surface area contributed by atoms with Gasteiger partial charge in [-0.05, 0) is 23.8 Å². The molecule has 0 aliphatic rings. The molecule has 4 aromatic rings. The number of aromatic amines is 1. The minimum absolute atomic E-state index is 0.542. The monoisotopic (exact) mass is 385 g/mol. The molecule has 23 heavy (non-hydrogen) atoms. The molecule has 0 aliphatic carbocycles. The first-order valence-electron chi connectivity index (χ1n) is 7.07. The molecule has 4 nitrogen and oxygen atoms in total. The summed E-state index contributed by atoms with van der Waals surface area (Å²) in [4.78, 5) is 3.22. The molecule has 0 bridgehead atoms. The summed E-state index contributed by atoms with van der Waals surface area (Å²) in [6.45, 7) is 0. The van der Waals surface area contributed by atoms with Gasteiger partial charge in [0, 0.05) is 27.3 Å². The molecule has 2 heterocycles. The maximum absolute atomic E-state index is 5.79. The smallest absolute Gasteiger partial charge is 0.277 e. The highest BCUT2D eigenvalue weighted by molar-refractivity contribution is 9.10. The maximum atomic E-state index is 5.79. The van der Waals surface area contributed by atoms with Crippen LogP contribution in [0.3, 0.4) is 0 Å². The van der Waals surface area contributed by atoms with Gasteiger partial charge in [-0.15, -0.1) is 10.2 Å². The van der Waals surface area contributed by atoms with Crippen molar-refractivity contribution in [1.82, 2.24) is 15.2 Å². The molecule has 0 radical (unpaired) electrons. The number of fused-ring (bicyclic) bond motifs is 1. The van der Waals surface area contributed by atoms with Gasteiger partial charge >= 0.3 is 0 Å². The van der Waals surface area contributed by atoms with E-state index in [-0.39, 0.29) is 0 Å². The first-order valence-corrected chi connectivity index (χ1v) is 8.85. The fourth-order valence-corrected chi connectivity index (χ4v) is 3.33. The first-order chi connectivity index (χ1) is 11.3. The summed E-state index contributed by atoms with van der Waals surface area (Å²) in [7, 11) is 0. The van der Waals surface area contributed by atoms with Crippen LogP contribution in [0.5, 0.6) is 0 Å². The Balaban J connectivity index is 1.53. The summed E-state index contributed by atoms with van der Waals surface area (Å²) in [5.41, 5.74) is 3.21. The third-order valence-corrected chi connectivity index (χ3v) is 4.92. The molecule has 0 atom stereocenters. The zero-order chi connectivity index (χ0) is 15.6. The van der Waals surface area contributed by atoms with E-state index < -0.39 is 0 Å². The average Bonchev–Trinajstić information content (AvgIpc) is 3.20. The van der Waals surface area contributed by atoms with Crippen LogP contribution >= 0.6 is 27.7 Å². The molecular weight excluding hydrogens is 374 g/mol. The van der Waals surface area contributed by atoms with Crippen molar-refractivity contribution in [2.75, 3.05) is 0 Å². The van der Waals surface area contributed by atoms with Crippen molar-refractivity contribution in [3.63, 3.8) is 0 Å². The molecule has 114 valence electrons. The zero-order valence-corrected chi connectivity index (χ0v) is 14.4. The molecule has 0 saturated carbocycles. The number of rotatable bonds is 4. The molecule has 2 aromatic heterocycles. The molecule has 0 saturated heterocycles. The predicted molar refractivity (Wildman–Crippen MR) is 95.3 cm³/mol. The predicted octanol–water partition coefficient (Wildman–Crippen LogP) is 5.27. The standard InChI is InChI=1S/C17H12BrN3OS/c18-12-7-5-11(6-8-12)10-23-17-21-20-16(22-17)14-9-19-15-4-2-1-3-13(14)15/h1-9,19H,10H2. The lowest BCUT2D eigenvalue weighted by Crippen LogP contribution is -1.80. The SMILES string of the molecule is Brc1ccc(CSc2nnc(-c3c[nH]c4ccccc34)o2)cc1. The number of aromatic nitrogens is 3. The molecule has 0 aliphatic heterocycles. The number of benzene rings is 2. The second-order valence-electron chi connectivity index (χ2n) is 5.04. The van der Waals surface area contributed by atoms with Crippen molar-refractivity contribution < 1.29 is 4.42 Å². The van der Waals surface area contributed by atoms with Gasteiger partial charge in [0.05, 0.1) is 5.56 Å². The molecule has 0 unspecified atom stereocenters. The number of halogens is 1. The van der Waals surface area contributed by atoms with Gasteiger partial charge in [-0.1, -0.05) is 58.0 Å². The van der Waals surface area contributed by atoms with Gasteiger partial charge in [-0.3, -0.25) is 0 Å². The maximum Gasteiger partial charge on any atom is 0.277 e. The van der Waals surface area contributed by atoms with E-state index in [0.717, 1.165) is 26.7 Å². The Hall–Kier alpha value is -2.05. The average molecular weight is 386 g/mol. The molecule has 0 fully saturated rings. The van der Waals surface area contributed by atoms with E-state index >= 15 is 0 Å². The van der Waals surface area contributed by atoms with E-state index in [9.17, 15) is 0 Å². The number of para-hydroxylation sites is 1. The van der Waals surface area contributed by atoms with Gasteiger partial charge in [-0.2, -0.15) is 0 Å². The number of nitrogens with one attached hydrogen (secondary N) is 1. The largest absolute Gasteiger partial charge is 0.411 e. The van der Waals surface area contributed by atoms with Crippen LogP contribution < -0.4 is 0 Å². The summed E-state index contributed by atoms with van der Waals surface area (Å²) in [5, 5.41) is 9.97. The number of H-pyrrole nitrogens is 1. The second-order valence-corrected chi connectivity index (χ2v) is 6.88. The highest BCUT2D eigenvalue weighted by Crippen LogP contribution is 2.30. The quantitative estimate of drug-likeness (QED) is 0.486. The van der Waals surface area contributed by atoms with Crippen LogP contribution in [-0.2, 0) is 5.75 Å². The Morgan fingerprint density at radius 3 is 2.74 bits per heavy atom. The second kappa shape index (κ2) is 6.22. The van der Waals surface area contributed by atoms with E-state index in [2.05, 4.69) is 43.2 Å².